The molecular weight excluding hydrogens is 264 g/mol. The van der Waals surface area contributed by atoms with E-state index in [4.69, 9.17) is 0 Å². The van der Waals surface area contributed by atoms with Crippen LogP contribution in [0.2, 0.25) is 0 Å². The van der Waals surface area contributed by atoms with Crippen LogP contribution in [0, 0.1) is 0 Å². The largest absolute Gasteiger partial charge is 0.379 e. The molecule has 1 aliphatic rings. The molecule has 1 saturated heterocycles. The maximum Gasteiger partial charge on any atom is 0.239 e. The fourth-order valence-corrected chi connectivity index (χ4v) is 2.95. The van der Waals surface area contributed by atoms with Gasteiger partial charge in [-0.1, -0.05) is 42.5 Å². The number of likely N-dealkylation sites (N-methyl/N-ethyl adjacent to an activating group) is 1. The summed E-state index contributed by atoms with van der Waals surface area (Å²) in [5.74, 6) is 0.0412. The van der Waals surface area contributed by atoms with Gasteiger partial charge in [-0.25, -0.2) is 0 Å². The fraction of sp³-hybridized carbons (Fsp3) is 0.353. The number of hydrogen-bond donors (Lipinski definition) is 2. The van der Waals surface area contributed by atoms with Crippen molar-refractivity contribution >= 4 is 16.7 Å². The first-order valence-corrected chi connectivity index (χ1v) is 7.31. The Kier molecular flexibility index (Phi) is 3.90. The highest BCUT2D eigenvalue weighted by Gasteiger charge is 2.29. The van der Waals surface area contributed by atoms with Crippen molar-refractivity contribution < 1.29 is 9.90 Å². The fourth-order valence-electron chi connectivity index (χ4n) is 2.95. The van der Waals surface area contributed by atoms with Gasteiger partial charge in [-0.15, -0.1) is 0 Å². The van der Waals surface area contributed by atoms with Gasteiger partial charge in [-0.05, 0) is 29.2 Å². The smallest absolute Gasteiger partial charge is 0.239 e. The quantitative estimate of drug-likeness (QED) is 0.904. The lowest BCUT2D eigenvalue weighted by atomic mass is 10.0. The number of nitrogens with zero attached hydrogens (tertiary/aromatic N) is 1. The summed E-state index contributed by atoms with van der Waals surface area (Å²) in [4.78, 5) is 14.1. The Balaban J connectivity index is 1.77. The van der Waals surface area contributed by atoms with Gasteiger partial charge in [0.1, 0.15) is 6.23 Å². The average molecular weight is 284 g/mol. The number of carbonyl (C=O) groups excluding carboxylic acids is 1. The molecule has 4 nitrogen and oxygen atoms in total. The van der Waals surface area contributed by atoms with Crippen molar-refractivity contribution in [3.8, 4) is 0 Å². The molecule has 0 aromatic heterocycles. The molecule has 0 bridgehead atoms. The predicted molar refractivity (Wildman–Crippen MR) is 82.6 cm³/mol. The van der Waals surface area contributed by atoms with Gasteiger partial charge in [0.2, 0.25) is 5.91 Å². The van der Waals surface area contributed by atoms with Gasteiger partial charge in [0.05, 0.1) is 6.04 Å². The molecule has 1 fully saturated rings. The third kappa shape index (κ3) is 2.91. The Hall–Kier alpha value is -1.91. The molecule has 4 heteroatoms. The third-order valence-electron chi connectivity index (χ3n) is 4.08. The molecule has 2 atom stereocenters. The molecule has 2 N–H and O–H groups in total. The van der Waals surface area contributed by atoms with E-state index < -0.39 is 6.23 Å². The SMILES string of the molecule is CN(Cc1cccc2ccccc12)C(=O)[C@@H]1CCC(O)N1. The first-order chi connectivity index (χ1) is 10.1. The van der Waals surface area contributed by atoms with Crippen molar-refractivity contribution in [2.75, 3.05) is 7.05 Å². The van der Waals surface area contributed by atoms with Crippen LogP contribution in [0.25, 0.3) is 10.8 Å². The molecular formula is C17H20N2O2. The molecule has 2 aromatic rings. The van der Waals surface area contributed by atoms with Crippen molar-refractivity contribution in [1.29, 1.82) is 0 Å². The standard InChI is InChI=1S/C17H20N2O2/c1-19(17(21)15-9-10-16(20)18-15)11-13-7-4-6-12-5-2-3-8-14(12)13/h2-8,15-16,18,20H,9-11H2,1H3/t15-,16?/m0/s1. The van der Waals surface area contributed by atoms with Crippen molar-refractivity contribution in [2.24, 2.45) is 0 Å². The van der Waals surface area contributed by atoms with Crippen LogP contribution in [-0.2, 0) is 11.3 Å². The van der Waals surface area contributed by atoms with Crippen LogP contribution in [0.15, 0.2) is 42.5 Å². The molecule has 1 heterocycles. The average Bonchev–Trinajstić information content (AvgIpc) is 2.93. The summed E-state index contributed by atoms with van der Waals surface area (Å²) in [6, 6.07) is 14.1. The lowest BCUT2D eigenvalue weighted by Crippen LogP contribution is -2.43. The first-order valence-electron chi connectivity index (χ1n) is 7.31. The van der Waals surface area contributed by atoms with Crippen LogP contribution in [0.1, 0.15) is 18.4 Å². The van der Waals surface area contributed by atoms with Crippen LogP contribution in [0.3, 0.4) is 0 Å². The third-order valence-corrected chi connectivity index (χ3v) is 4.08. The number of fused-ring (bicyclic) bond motifs is 1. The highest BCUT2D eigenvalue weighted by atomic mass is 16.3. The van der Waals surface area contributed by atoms with E-state index in [1.807, 2.05) is 25.2 Å². The van der Waals surface area contributed by atoms with Crippen LogP contribution in [0.5, 0.6) is 0 Å². The van der Waals surface area contributed by atoms with Gasteiger partial charge in [0, 0.05) is 13.6 Å². The Morgan fingerprint density at radius 1 is 1.24 bits per heavy atom. The van der Waals surface area contributed by atoms with Crippen LogP contribution >= 0.6 is 0 Å². The van der Waals surface area contributed by atoms with E-state index in [9.17, 15) is 9.90 Å². The topological polar surface area (TPSA) is 52.6 Å². The summed E-state index contributed by atoms with van der Waals surface area (Å²) >= 11 is 0. The zero-order chi connectivity index (χ0) is 14.8. The Labute approximate surface area is 124 Å². The number of aliphatic hydroxyl groups excluding tert-OH is 1. The van der Waals surface area contributed by atoms with E-state index >= 15 is 0 Å². The number of carbonyl (C=O) groups is 1. The van der Waals surface area contributed by atoms with Gasteiger partial charge in [-0.2, -0.15) is 0 Å². The summed E-state index contributed by atoms with van der Waals surface area (Å²) in [5.41, 5.74) is 1.14. The van der Waals surface area contributed by atoms with Crippen molar-refractivity contribution in [3.05, 3.63) is 48.0 Å². The second kappa shape index (κ2) is 5.84. The van der Waals surface area contributed by atoms with Gasteiger partial charge in [-0.3, -0.25) is 10.1 Å². The van der Waals surface area contributed by atoms with Gasteiger partial charge < -0.3 is 10.0 Å². The molecule has 2 aromatic carbocycles. The summed E-state index contributed by atoms with van der Waals surface area (Å²) in [7, 11) is 1.82. The van der Waals surface area contributed by atoms with Crippen LogP contribution < -0.4 is 5.32 Å². The van der Waals surface area contributed by atoms with Crippen molar-refractivity contribution in [2.45, 2.75) is 31.7 Å². The first kappa shape index (κ1) is 14.0. The van der Waals surface area contributed by atoms with E-state index in [0.29, 0.717) is 19.4 Å². The maximum absolute atomic E-state index is 12.4. The molecule has 0 saturated carbocycles. The number of nitrogens with one attached hydrogen (secondary N) is 1. The number of rotatable bonds is 3. The van der Waals surface area contributed by atoms with E-state index in [1.54, 1.807) is 4.90 Å². The summed E-state index contributed by atoms with van der Waals surface area (Å²) in [6.45, 7) is 0.578. The molecule has 110 valence electrons. The van der Waals surface area contributed by atoms with E-state index in [1.165, 1.54) is 10.8 Å². The Morgan fingerprint density at radius 3 is 2.76 bits per heavy atom. The lowest BCUT2D eigenvalue weighted by molar-refractivity contribution is -0.132. The number of aliphatic hydroxyl groups is 1. The number of hydrogen-bond acceptors (Lipinski definition) is 3. The second-order valence-electron chi connectivity index (χ2n) is 5.64. The highest BCUT2D eigenvalue weighted by Crippen LogP contribution is 2.20. The molecule has 21 heavy (non-hydrogen) atoms. The van der Waals surface area contributed by atoms with Crippen LogP contribution in [0.4, 0.5) is 0 Å². The normalized spacial score (nSPS) is 21.6. The minimum Gasteiger partial charge on any atom is -0.379 e. The zero-order valence-corrected chi connectivity index (χ0v) is 12.1. The van der Waals surface area contributed by atoms with Crippen LogP contribution in [-0.4, -0.2) is 35.2 Å². The number of benzene rings is 2. The van der Waals surface area contributed by atoms with Crippen molar-refractivity contribution in [1.82, 2.24) is 10.2 Å². The molecule has 0 spiro atoms. The zero-order valence-electron chi connectivity index (χ0n) is 12.1. The molecule has 3 rings (SSSR count). The lowest BCUT2D eigenvalue weighted by Gasteiger charge is -2.22. The second-order valence-corrected chi connectivity index (χ2v) is 5.64. The van der Waals surface area contributed by atoms with E-state index in [2.05, 4.69) is 29.6 Å². The Bertz CT molecular complexity index is 651. The Morgan fingerprint density at radius 2 is 2.00 bits per heavy atom. The summed E-state index contributed by atoms with van der Waals surface area (Å²) < 4.78 is 0. The maximum atomic E-state index is 12.4. The summed E-state index contributed by atoms with van der Waals surface area (Å²) in [5, 5.41) is 14.8. The predicted octanol–water partition coefficient (Wildman–Crippen LogP) is 1.87. The molecule has 1 aliphatic heterocycles. The van der Waals surface area contributed by atoms with Gasteiger partial charge >= 0.3 is 0 Å². The minimum atomic E-state index is -0.551. The van der Waals surface area contributed by atoms with E-state index in [0.717, 1.165) is 5.56 Å². The van der Waals surface area contributed by atoms with Gasteiger partial charge in [0.15, 0.2) is 0 Å². The number of amides is 1. The molecule has 0 radical (unpaired) electrons. The molecule has 1 amide bonds. The minimum absolute atomic E-state index is 0.0412. The molecule has 1 unspecified atom stereocenters. The van der Waals surface area contributed by atoms with Crippen molar-refractivity contribution in [3.63, 3.8) is 0 Å². The summed E-state index contributed by atoms with van der Waals surface area (Å²) in [6.07, 6.45) is 0.781. The highest BCUT2D eigenvalue weighted by molar-refractivity contribution is 5.87. The monoisotopic (exact) mass is 284 g/mol. The van der Waals surface area contributed by atoms with Gasteiger partial charge in [0.25, 0.3) is 0 Å². The van der Waals surface area contributed by atoms with E-state index in [-0.39, 0.29) is 11.9 Å². The molecule has 0 aliphatic carbocycles.